The van der Waals surface area contributed by atoms with E-state index in [9.17, 15) is 9.18 Å². The van der Waals surface area contributed by atoms with Gasteiger partial charge in [0.05, 0.1) is 0 Å². The minimum atomic E-state index is -0.394. The maximum absolute atomic E-state index is 12.0. The molecule has 0 N–H and O–H groups in total. The number of alkyl halides is 1. The Morgan fingerprint density at radius 3 is 2.64 bits per heavy atom. The molecule has 1 atom stereocenters. The third-order valence-corrected chi connectivity index (χ3v) is 2.09. The van der Waals surface area contributed by atoms with Gasteiger partial charge >= 0.3 is 0 Å². The normalized spacial score (nSPS) is 17.3. The number of hydrogen-bond donors (Lipinski definition) is 0. The van der Waals surface area contributed by atoms with E-state index < -0.39 is 6.67 Å². The van der Waals surface area contributed by atoms with Crippen molar-refractivity contribution in [2.45, 2.75) is 12.8 Å². The molecule has 0 radical (unpaired) electrons. The van der Waals surface area contributed by atoms with E-state index in [2.05, 4.69) is 9.24 Å². The Hall–Kier alpha value is -0.490. The molecule has 0 aromatic rings. The van der Waals surface area contributed by atoms with Crippen LogP contribution in [0.15, 0.2) is 23.3 Å². The van der Waals surface area contributed by atoms with Gasteiger partial charge in [0.2, 0.25) is 0 Å². The van der Waals surface area contributed by atoms with E-state index in [1.807, 2.05) is 0 Å². The van der Waals surface area contributed by atoms with Gasteiger partial charge in [0.25, 0.3) is 0 Å². The van der Waals surface area contributed by atoms with Crippen molar-refractivity contribution in [1.29, 1.82) is 0 Å². The van der Waals surface area contributed by atoms with Crippen LogP contribution < -0.4 is 0 Å². The summed E-state index contributed by atoms with van der Waals surface area (Å²) in [5.41, 5.74) is 1.56. The Bertz CT molecular complexity index is 230. The van der Waals surface area contributed by atoms with Gasteiger partial charge in [-0.1, -0.05) is 21.4 Å². The van der Waals surface area contributed by atoms with Crippen LogP contribution in [0.3, 0.4) is 0 Å². The molecule has 0 saturated carbocycles. The molecule has 1 rings (SSSR count). The Labute approximate surface area is 67.6 Å². The second kappa shape index (κ2) is 3.77. The first-order valence-corrected chi connectivity index (χ1v) is 4.06. The van der Waals surface area contributed by atoms with Crippen LogP contribution in [0.5, 0.6) is 0 Å². The summed E-state index contributed by atoms with van der Waals surface area (Å²) in [6.07, 6.45) is 4.76. The summed E-state index contributed by atoms with van der Waals surface area (Å²) in [7, 11) is 2.12. The Morgan fingerprint density at radius 1 is 1.55 bits per heavy atom. The van der Waals surface area contributed by atoms with Gasteiger partial charge in [-0.2, -0.15) is 0 Å². The second-order valence-electron chi connectivity index (χ2n) is 2.51. The van der Waals surface area contributed by atoms with Crippen molar-refractivity contribution in [1.82, 2.24) is 0 Å². The fourth-order valence-corrected chi connectivity index (χ4v) is 1.24. The average Bonchev–Trinajstić information content (AvgIpc) is 2.05. The van der Waals surface area contributed by atoms with Gasteiger partial charge in [0, 0.05) is 0 Å². The lowest BCUT2D eigenvalue weighted by Crippen LogP contribution is -1.99. The molecule has 0 amide bonds. The molecule has 0 saturated heterocycles. The molecule has 1 aliphatic rings. The highest BCUT2D eigenvalue weighted by atomic mass is 31.0. The van der Waals surface area contributed by atoms with Gasteiger partial charge in [-0.25, -0.2) is 4.39 Å². The number of allylic oxidation sites excluding steroid dienone is 4. The quantitative estimate of drug-likeness (QED) is 0.582. The Kier molecular flexibility index (Phi) is 2.95. The predicted molar refractivity (Wildman–Crippen MR) is 46.1 cm³/mol. The highest BCUT2D eigenvalue weighted by molar-refractivity contribution is 7.41. The van der Waals surface area contributed by atoms with Gasteiger partial charge < -0.3 is 0 Å². The van der Waals surface area contributed by atoms with Crippen molar-refractivity contribution in [3.05, 3.63) is 23.3 Å². The first-order chi connectivity index (χ1) is 5.24. The Morgan fingerprint density at radius 2 is 2.27 bits per heavy atom. The SMILES string of the molecule is O=C(P)C1=CC=C(CF)CC1. The molecule has 60 valence electrons. The van der Waals surface area contributed by atoms with Crippen LogP contribution >= 0.6 is 9.24 Å². The van der Waals surface area contributed by atoms with Crippen LogP contribution in [-0.4, -0.2) is 12.2 Å². The van der Waals surface area contributed by atoms with Crippen molar-refractivity contribution in [3.63, 3.8) is 0 Å². The lowest BCUT2D eigenvalue weighted by atomic mass is 10.0. The van der Waals surface area contributed by atoms with E-state index in [1.54, 1.807) is 12.2 Å². The third-order valence-electron chi connectivity index (χ3n) is 1.72. The molecule has 3 heteroatoms. The first-order valence-electron chi connectivity index (χ1n) is 3.48. The molecular weight excluding hydrogens is 162 g/mol. The molecule has 0 heterocycles. The minimum absolute atomic E-state index is 0.0131. The molecule has 0 bridgehead atoms. The standard InChI is InChI=1S/C8H10FOP/c9-5-6-1-3-7(4-2-6)8(10)11/h1,3H,2,4-5,11H2. The fraction of sp³-hybridized carbons (Fsp3) is 0.375. The van der Waals surface area contributed by atoms with Gasteiger partial charge in [-0.15, -0.1) is 0 Å². The summed E-state index contributed by atoms with van der Waals surface area (Å²) in [5, 5.41) is 0. The van der Waals surface area contributed by atoms with Crippen LogP contribution in [0.1, 0.15) is 12.8 Å². The molecule has 0 fully saturated rings. The molecule has 1 aliphatic carbocycles. The zero-order valence-corrected chi connectivity index (χ0v) is 7.29. The Balaban J connectivity index is 2.69. The highest BCUT2D eigenvalue weighted by Crippen LogP contribution is 2.20. The topological polar surface area (TPSA) is 17.1 Å². The van der Waals surface area contributed by atoms with Crippen LogP contribution in [0.2, 0.25) is 0 Å². The van der Waals surface area contributed by atoms with Gasteiger partial charge in [0.1, 0.15) is 6.67 Å². The van der Waals surface area contributed by atoms with Crippen LogP contribution in [0, 0.1) is 0 Å². The maximum atomic E-state index is 12.0. The van der Waals surface area contributed by atoms with Crippen molar-refractivity contribution in [3.8, 4) is 0 Å². The van der Waals surface area contributed by atoms with E-state index in [4.69, 9.17) is 0 Å². The molecule has 1 nitrogen and oxygen atoms in total. The van der Waals surface area contributed by atoms with Crippen molar-refractivity contribution in [2.75, 3.05) is 6.67 Å². The summed E-state index contributed by atoms with van der Waals surface area (Å²) in [6.45, 7) is -0.394. The first kappa shape index (κ1) is 8.61. The summed E-state index contributed by atoms with van der Waals surface area (Å²) in [4.78, 5) is 10.8. The average molecular weight is 172 g/mol. The number of halogens is 1. The number of hydrogen-bond acceptors (Lipinski definition) is 1. The zero-order valence-electron chi connectivity index (χ0n) is 6.14. The molecule has 11 heavy (non-hydrogen) atoms. The van der Waals surface area contributed by atoms with E-state index in [1.165, 1.54) is 0 Å². The summed E-state index contributed by atoms with van der Waals surface area (Å²) in [5.74, 6) is 0. The van der Waals surface area contributed by atoms with Crippen LogP contribution in [0.4, 0.5) is 4.39 Å². The van der Waals surface area contributed by atoms with E-state index in [0.717, 1.165) is 11.1 Å². The van der Waals surface area contributed by atoms with E-state index in [0.29, 0.717) is 12.8 Å². The minimum Gasteiger partial charge on any atom is -0.290 e. The fourth-order valence-electron chi connectivity index (χ4n) is 0.997. The maximum Gasteiger partial charge on any atom is 0.174 e. The second-order valence-corrected chi connectivity index (χ2v) is 3.04. The molecule has 0 aliphatic heterocycles. The van der Waals surface area contributed by atoms with Gasteiger partial charge in [0.15, 0.2) is 5.52 Å². The monoisotopic (exact) mass is 172 g/mol. The van der Waals surface area contributed by atoms with E-state index in [-0.39, 0.29) is 5.52 Å². The largest absolute Gasteiger partial charge is 0.290 e. The lowest BCUT2D eigenvalue weighted by Gasteiger charge is -2.08. The predicted octanol–water partition coefficient (Wildman–Crippen LogP) is 2.00. The number of carbonyl (C=O) groups excluding carboxylic acids is 1. The molecule has 0 spiro atoms. The van der Waals surface area contributed by atoms with Crippen LogP contribution in [-0.2, 0) is 4.79 Å². The summed E-state index contributed by atoms with van der Waals surface area (Å²) in [6, 6.07) is 0. The van der Waals surface area contributed by atoms with E-state index >= 15 is 0 Å². The zero-order chi connectivity index (χ0) is 8.27. The molecule has 1 unspecified atom stereocenters. The van der Waals surface area contributed by atoms with Gasteiger partial charge in [-0.05, 0) is 24.0 Å². The lowest BCUT2D eigenvalue weighted by molar-refractivity contribution is -0.108. The molecule has 0 aromatic heterocycles. The van der Waals surface area contributed by atoms with Crippen molar-refractivity contribution in [2.24, 2.45) is 0 Å². The third kappa shape index (κ3) is 2.23. The number of rotatable bonds is 2. The number of carbonyl (C=O) groups is 1. The van der Waals surface area contributed by atoms with Crippen molar-refractivity contribution >= 4 is 14.8 Å². The van der Waals surface area contributed by atoms with Crippen molar-refractivity contribution < 1.29 is 9.18 Å². The van der Waals surface area contributed by atoms with Crippen LogP contribution in [0.25, 0.3) is 0 Å². The smallest absolute Gasteiger partial charge is 0.174 e. The van der Waals surface area contributed by atoms with Gasteiger partial charge in [-0.3, -0.25) is 4.79 Å². The summed E-state index contributed by atoms with van der Waals surface area (Å²) < 4.78 is 12.0. The highest BCUT2D eigenvalue weighted by Gasteiger charge is 2.08. The molecule has 0 aromatic carbocycles. The summed E-state index contributed by atoms with van der Waals surface area (Å²) >= 11 is 0. The molecular formula is C8H10FOP.